The maximum Gasteiger partial charge on any atom is 0.272 e. The molecule has 13 heterocycles. The molecule has 0 fully saturated rings. The first-order valence-electron chi connectivity index (χ1n) is 43.0. The van der Waals surface area contributed by atoms with Crippen molar-refractivity contribution in [1.82, 2.24) is 90.6 Å². The van der Waals surface area contributed by atoms with Crippen molar-refractivity contribution in [3.63, 3.8) is 0 Å². The predicted octanol–water partition coefficient (Wildman–Crippen LogP) is 16.6. The first-order valence-corrected chi connectivity index (χ1v) is 43.0. The number of amides is 4. The van der Waals surface area contributed by atoms with E-state index < -0.39 is 46.0 Å². The molecule has 20 aromatic rings. The highest BCUT2D eigenvalue weighted by Crippen LogP contribution is 2.43. The van der Waals surface area contributed by atoms with Gasteiger partial charge in [0.25, 0.3) is 29.2 Å². The summed E-state index contributed by atoms with van der Waals surface area (Å²) in [4.78, 5) is 101. The Morgan fingerprint density at radius 1 is 0.360 bits per heavy atom. The highest BCUT2D eigenvalue weighted by molar-refractivity contribution is 6.06. The van der Waals surface area contributed by atoms with E-state index in [1.807, 2.05) is 183 Å². The number of methoxy groups -OCH3 is 7. The summed E-state index contributed by atoms with van der Waals surface area (Å²) in [6.07, 6.45) is 29.1. The number of aromatic amines is 2. The number of H-pyrrole nitrogens is 2. The van der Waals surface area contributed by atoms with Gasteiger partial charge in [0.2, 0.25) is 34.5 Å². The number of carbonyl (C=O) groups is 4. The lowest BCUT2D eigenvalue weighted by atomic mass is 9.88. The lowest BCUT2D eigenvalue weighted by Gasteiger charge is -2.31. The van der Waals surface area contributed by atoms with Crippen molar-refractivity contribution in [2.75, 3.05) is 71.0 Å². The molecule has 0 saturated heterocycles. The number of oxazole rings is 1. The highest BCUT2D eigenvalue weighted by Gasteiger charge is 2.51. The van der Waals surface area contributed by atoms with Gasteiger partial charge in [-0.05, 0) is 96.4 Å². The molecule has 13 aromatic heterocycles. The number of hydrogen-bond acceptors (Lipinski definition) is 29. The fourth-order valence-electron chi connectivity index (χ4n) is 16.4. The van der Waals surface area contributed by atoms with Gasteiger partial charge in [0, 0.05) is 174 Å². The van der Waals surface area contributed by atoms with Crippen molar-refractivity contribution in [1.29, 1.82) is 0 Å². The monoisotopic (exact) mass is 1850 g/mol. The Hall–Kier alpha value is -18.3. The van der Waals surface area contributed by atoms with E-state index in [4.69, 9.17) is 42.1 Å². The zero-order valence-electron chi connectivity index (χ0n) is 75.8. The van der Waals surface area contributed by atoms with E-state index >= 15 is 0 Å². The number of anilines is 4. The Labute approximate surface area is 793 Å². The van der Waals surface area contributed by atoms with Crippen LogP contribution >= 0.6 is 0 Å². The minimum absolute atomic E-state index is 0.0294. The maximum absolute atomic E-state index is 13.9. The first kappa shape index (κ1) is 92.5. The van der Waals surface area contributed by atoms with Gasteiger partial charge in [-0.2, -0.15) is 30.6 Å². The average Bonchev–Trinajstić information content (AvgIpc) is 1.77. The standard InChI is InChI=1S/C27H22N4O4.C26H22N6O3.C26H22N6O2.C25H20N6O4/c1-33-24-13-12-18(21-17-28-30-22-11-7-6-10-20(21)22)16-23(24)29-26(32)27(34-2,25-14-15-35-31-25)19-8-4-3-5-9-19;1-34-23-22(14-17(15-29-23)20-16-30-32-21-11-7-6-10-19(20)21)31-25(33)26(35-2,24-27-12-13-28-24)18-8-4-3-5-9-18;1-17-7-3-5-9-22(17)26(34-2,24-28-11-12-29-24)25(33)31-19-13-18(14-27-15-19)21-16-30-32-23-10-6-4-8-20(21)23;1-33-22-19(12-17(14-30-22)18-15-26-13-16-6-5-9-28-21(16)18)31-23(32)25(34-2,24-29-10-11-35-24)20-7-3-4-8-27-20/h3-17H,1-2H3,(H,29,32);3-16H,1-2H3,(H,27,28)(H,31,33);3-16H,1-2H3,(H,28,29)(H,31,33);3-15H,1-2H3,(H,31,32)/t27-;2*26-;25-/m1110/s1. The van der Waals surface area contributed by atoms with Crippen molar-refractivity contribution in [2.45, 2.75) is 29.3 Å². The van der Waals surface area contributed by atoms with Crippen LogP contribution in [-0.4, -0.2) is 164 Å². The van der Waals surface area contributed by atoms with Gasteiger partial charge in [-0.1, -0.05) is 157 Å². The molecule has 4 amide bonds. The van der Waals surface area contributed by atoms with E-state index in [2.05, 4.69) is 112 Å². The molecule has 0 radical (unpaired) electrons. The number of aryl methyl sites for hydroxylation is 1. The third-order valence-electron chi connectivity index (χ3n) is 23.0. The molecular weight excluding hydrogens is 1770 g/mol. The summed E-state index contributed by atoms with van der Waals surface area (Å²) in [5.74, 6) is -0.180. The summed E-state index contributed by atoms with van der Waals surface area (Å²) in [5.41, 5.74) is 8.29. The SMILES string of the molecule is CO[C@@](C(=O)Nc1cncc(-c2cnnc3ccccc23)c1)(c1ncc[nH]1)c1ccccc1C.COc1ccc(-c2cnnc3ccccc23)cc1NC(=O)[C@@](OC)(c1ccccc1)c1ccon1.COc1ncc(-c2cncc3cccnc23)cc1NC(=O)[C@@](OC)(c1ccccn1)c1ncco1.COc1ncc(-c2cnnc3ccccc23)cc1NC(=O)[C@@](OC)(c1ccccc1)c1ncc[nH]1. The summed E-state index contributed by atoms with van der Waals surface area (Å²) in [5, 5.41) is 44.5. The molecule has 0 bridgehead atoms. The predicted molar refractivity (Wildman–Crippen MR) is 517 cm³/mol. The number of aromatic nitrogens is 18. The summed E-state index contributed by atoms with van der Waals surface area (Å²) in [7, 11) is 10.3. The van der Waals surface area contributed by atoms with Crippen LogP contribution in [0.2, 0.25) is 0 Å². The van der Waals surface area contributed by atoms with Crippen LogP contribution in [0.3, 0.4) is 0 Å². The summed E-state index contributed by atoms with van der Waals surface area (Å²) in [6.45, 7) is 1.93. The fourth-order valence-corrected chi connectivity index (χ4v) is 16.4. The van der Waals surface area contributed by atoms with E-state index in [1.54, 1.807) is 155 Å². The number of carbonyl (C=O) groups excluding carboxylic acids is 4. The number of imidazole rings is 2. The molecule has 0 aliphatic carbocycles. The maximum atomic E-state index is 13.9. The molecule has 6 N–H and O–H groups in total. The van der Waals surface area contributed by atoms with Gasteiger partial charge in [0.15, 0.2) is 11.6 Å². The minimum atomic E-state index is -1.76. The Morgan fingerprint density at radius 2 is 0.863 bits per heavy atom. The van der Waals surface area contributed by atoms with Crippen LogP contribution in [-0.2, 0) is 60.5 Å². The molecule has 0 saturated carbocycles. The molecule has 0 spiro atoms. The van der Waals surface area contributed by atoms with Crippen molar-refractivity contribution in [3.05, 3.63) is 393 Å². The lowest BCUT2D eigenvalue weighted by molar-refractivity contribution is -0.137. The molecule has 35 heteroatoms. The lowest BCUT2D eigenvalue weighted by Crippen LogP contribution is -2.44. The van der Waals surface area contributed by atoms with E-state index in [1.165, 1.54) is 61.4 Å². The van der Waals surface area contributed by atoms with Crippen LogP contribution in [0.1, 0.15) is 51.2 Å². The van der Waals surface area contributed by atoms with Crippen molar-refractivity contribution in [3.8, 4) is 62.0 Å². The zero-order valence-corrected chi connectivity index (χ0v) is 75.8. The smallest absolute Gasteiger partial charge is 0.272 e. The number of hydrogen-bond donors (Lipinski definition) is 6. The van der Waals surface area contributed by atoms with Gasteiger partial charge >= 0.3 is 0 Å². The summed E-state index contributed by atoms with van der Waals surface area (Å²) in [6, 6.07) is 70.6. The van der Waals surface area contributed by atoms with Gasteiger partial charge in [0.1, 0.15) is 35.3 Å². The molecule has 0 unspecified atom stereocenters. The molecule has 139 heavy (non-hydrogen) atoms. The zero-order chi connectivity index (χ0) is 96.3. The fraction of sp³-hybridized carbons (Fsp3) is 0.115. The number of nitrogens with one attached hydrogen (secondary N) is 6. The van der Waals surface area contributed by atoms with Gasteiger partial charge in [0.05, 0.1) is 91.4 Å². The van der Waals surface area contributed by atoms with Crippen LogP contribution in [0, 0.1) is 6.92 Å². The Morgan fingerprint density at radius 3 is 1.40 bits per heavy atom. The quantitative estimate of drug-likeness (QED) is 0.0278. The molecule has 690 valence electrons. The van der Waals surface area contributed by atoms with E-state index in [0.29, 0.717) is 73.8 Å². The molecular formula is C104H86N22O13. The Kier molecular flexibility index (Phi) is 27.9. The van der Waals surface area contributed by atoms with E-state index in [9.17, 15) is 19.2 Å². The van der Waals surface area contributed by atoms with E-state index in [0.717, 1.165) is 88.1 Å². The third-order valence-corrected chi connectivity index (χ3v) is 23.0. The van der Waals surface area contributed by atoms with Crippen LogP contribution < -0.4 is 35.5 Å². The minimum Gasteiger partial charge on any atom is -0.495 e. The molecule has 0 aliphatic rings. The Balaban J connectivity index is 0.000000128. The van der Waals surface area contributed by atoms with Crippen LogP contribution in [0.4, 0.5) is 22.7 Å². The molecule has 7 aromatic carbocycles. The number of ether oxygens (including phenoxy) is 7. The normalized spacial score (nSPS) is 12.8. The number of pyridine rings is 6. The topological polar surface area (TPSA) is 445 Å². The number of rotatable bonds is 27. The number of fused-ring (bicyclic) bond motifs is 4. The highest BCUT2D eigenvalue weighted by atomic mass is 16.5. The van der Waals surface area contributed by atoms with Crippen LogP contribution in [0.25, 0.3) is 88.1 Å². The van der Waals surface area contributed by atoms with Gasteiger partial charge in [-0.3, -0.25) is 39.1 Å². The van der Waals surface area contributed by atoms with Crippen molar-refractivity contribution < 1.29 is 61.3 Å². The number of nitrogens with zero attached hydrogens (tertiary/aromatic N) is 16. The van der Waals surface area contributed by atoms with Crippen LogP contribution in [0.5, 0.6) is 17.5 Å². The van der Waals surface area contributed by atoms with Crippen molar-refractivity contribution >= 4 is 90.0 Å². The second-order valence-electron chi connectivity index (χ2n) is 30.7. The summed E-state index contributed by atoms with van der Waals surface area (Å²) >= 11 is 0. The van der Waals surface area contributed by atoms with Crippen molar-refractivity contribution in [2.24, 2.45) is 0 Å². The number of benzene rings is 7. The third kappa shape index (κ3) is 18.5. The van der Waals surface area contributed by atoms with E-state index in [-0.39, 0.29) is 17.7 Å². The largest absolute Gasteiger partial charge is 0.495 e. The second kappa shape index (κ2) is 41.9. The van der Waals surface area contributed by atoms with Gasteiger partial charge < -0.3 is 73.3 Å². The molecule has 35 nitrogen and oxygen atoms in total. The second-order valence-corrected chi connectivity index (χ2v) is 30.7. The Bertz CT molecular complexity index is 7140. The average molecular weight is 1850 g/mol. The molecule has 4 atom stereocenters. The first-order chi connectivity index (χ1) is 68.1. The summed E-state index contributed by atoms with van der Waals surface area (Å²) < 4.78 is 50.3. The van der Waals surface area contributed by atoms with Gasteiger partial charge in [-0.15, -0.1) is 0 Å². The van der Waals surface area contributed by atoms with Gasteiger partial charge in [-0.25, -0.2) is 24.9 Å². The molecule has 20 rings (SSSR count). The molecule has 0 aliphatic heterocycles. The van der Waals surface area contributed by atoms with Crippen LogP contribution in [0.15, 0.2) is 351 Å².